The zero-order chi connectivity index (χ0) is 17.7. The van der Waals surface area contributed by atoms with Gasteiger partial charge in [0, 0.05) is 6.54 Å². The first-order valence-corrected chi connectivity index (χ1v) is 10.7. The van der Waals surface area contributed by atoms with Crippen LogP contribution in [0.3, 0.4) is 0 Å². The summed E-state index contributed by atoms with van der Waals surface area (Å²) in [7, 11) is -3.61. The Morgan fingerprint density at radius 1 is 1.21 bits per heavy atom. The minimum Gasteiger partial charge on any atom is -0.355 e. The van der Waals surface area contributed by atoms with Crippen LogP contribution in [-0.2, 0) is 20.4 Å². The highest BCUT2D eigenvalue weighted by atomic mass is 35.5. The number of sulfone groups is 1. The van der Waals surface area contributed by atoms with Gasteiger partial charge in [0.15, 0.2) is 9.84 Å². The van der Waals surface area contributed by atoms with E-state index in [0.717, 1.165) is 12.8 Å². The van der Waals surface area contributed by atoms with E-state index in [1.54, 1.807) is 12.1 Å². The lowest BCUT2D eigenvalue weighted by Crippen LogP contribution is -2.40. The lowest BCUT2D eigenvalue weighted by atomic mass is 9.89. The van der Waals surface area contributed by atoms with E-state index in [2.05, 4.69) is 5.32 Å². The second kappa shape index (κ2) is 8.54. The zero-order valence-electron chi connectivity index (χ0n) is 13.7. The van der Waals surface area contributed by atoms with Crippen molar-refractivity contribution < 1.29 is 13.2 Å². The minimum atomic E-state index is -3.61. The van der Waals surface area contributed by atoms with Gasteiger partial charge < -0.3 is 5.32 Å². The third-order valence-electron chi connectivity index (χ3n) is 4.55. The van der Waals surface area contributed by atoms with Gasteiger partial charge in [-0.3, -0.25) is 4.79 Å². The predicted octanol–water partition coefficient (Wildman–Crippen LogP) is 3.99. The molecule has 1 aliphatic carbocycles. The summed E-state index contributed by atoms with van der Waals surface area (Å²) in [6, 6.07) is 4.69. The highest BCUT2D eigenvalue weighted by molar-refractivity contribution is 7.92. The summed E-state index contributed by atoms with van der Waals surface area (Å²) in [6.45, 7) is 1.99. The Morgan fingerprint density at radius 3 is 2.50 bits per heavy atom. The first-order valence-electron chi connectivity index (χ1n) is 8.23. The molecule has 0 radical (unpaired) electrons. The molecule has 2 rings (SSSR count). The molecule has 7 heteroatoms. The van der Waals surface area contributed by atoms with Crippen LogP contribution in [0.2, 0.25) is 10.0 Å². The molecule has 4 nitrogen and oxygen atoms in total. The molecule has 0 unspecified atom stereocenters. The van der Waals surface area contributed by atoms with Crippen LogP contribution in [0.25, 0.3) is 0 Å². The normalized spacial score (nSPS) is 17.5. The Morgan fingerprint density at radius 2 is 1.88 bits per heavy atom. The van der Waals surface area contributed by atoms with Gasteiger partial charge in [-0.05, 0) is 43.4 Å². The molecule has 24 heavy (non-hydrogen) atoms. The van der Waals surface area contributed by atoms with Crippen LogP contribution in [0.15, 0.2) is 18.2 Å². The minimum absolute atomic E-state index is 0.234. The number of amides is 1. The molecular weight excluding hydrogens is 369 g/mol. The van der Waals surface area contributed by atoms with Gasteiger partial charge in [-0.25, -0.2) is 8.42 Å². The van der Waals surface area contributed by atoms with E-state index in [1.807, 2.05) is 0 Å². The first-order chi connectivity index (χ1) is 11.3. The molecule has 1 saturated carbocycles. The number of benzene rings is 1. The van der Waals surface area contributed by atoms with Crippen LogP contribution < -0.4 is 5.32 Å². The van der Waals surface area contributed by atoms with E-state index >= 15 is 0 Å². The van der Waals surface area contributed by atoms with E-state index in [9.17, 15) is 13.2 Å². The standard InChI is InChI=1S/C17H23Cl2NO3S/c1-12(17(21)20-10-13-5-3-2-4-6-13)24(22,23)11-14-7-8-15(18)16(19)9-14/h7-9,12-13H,2-6,10-11H2,1H3,(H,20,21)/t12-/m1/s1. The quantitative estimate of drug-likeness (QED) is 0.796. The number of carbonyl (C=O) groups is 1. The molecule has 1 aromatic rings. The maximum atomic E-state index is 12.5. The van der Waals surface area contributed by atoms with Crippen molar-refractivity contribution in [3.8, 4) is 0 Å². The number of hydrogen-bond acceptors (Lipinski definition) is 3. The summed E-state index contributed by atoms with van der Waals surface area (Å²) in [4.78, 5) is 12.2. The average Bonchev–Trinajstić information content (AvgIpc) is 2.56. The smallest absolute Gasteiger partial charge is 0.238 e. The molecule has 134 valence electrons. The molecular formula is C17H23Cl2NO3S. The Hall–Kier alpha value is -0.780. The summed E-state index contributed by atoms with van der Waals surface area (Å²) < 4.78 is 24.9. The van der Waals surface area contributed by atoms with Gasteiger partial charge in [-0.15, -0.1) is 0 Å². The highest BCUT2D eigenvalue weighted by Crippen LogP contribution is 2.25. The van der Waals surface area contributed by atoms with E-state index < -0.39 is 21.0 Å². The van der Waals surface area contributed by atoms with E-state index in [0.29, 0.717) is 28.1 Å². The van der Waals surface area contributed by atoms with Crippen molar-refractivity contribution in [2.45, 2.75) is 50.0 Å². The summed E-state index contributed by atoms with van der Waals surface area (Å²) in [5.41, 5.74) is 0.524. The lowest BCUT2D eigenvalue weighted by Gasteiger charge is -2.22. The van der Waals surface area contributed by atoms with Crippen molar-refractivity contribution in [2.75, 3.05) is 6.54 Å². The topological polar surface area (TPSA) is 63.2 Å². The molecule has 0 spiro atoms. The van der Waals surface area contributed by atoms with Crippen LogP contribution in [0.5, 0.6) is 0 Å². The number of nitrogens with one attached hydrogen (secondary N) is 1. The Kier molecular flexibility index (Phi) is 6.96. The maximum absolute atomic E-state index is 12.5. The summed E-state index contributed by atoms with van der Waals surface area (Å²) in [5, 5.41) is 2.39. The summed E-state index contributed by atoms with van der Waals surface area (Å²) >= 11 is 11.7. The summed E-state index contributed by atoms with van der Waals surface area (Å²) in [5.74, 6) is -0.199. The van der Waals surface area contributed by atoms with Gasteiger partial charge in [0.25, 0.3) is 0 Å². The SMILES string of the molecule is C[C@H](C(=O)NCC1CCCCC1)S(=O)(=O)Cc1ccc(Cl)c(Cl)c1. The maximum Gasteiger partial charge on any atom is 0.238 e. The van der Waals surface area contributed by atoms with Gasteiger partial charge in [0.2, 0.25) is 5.91 Å². The highest BCUT2D eigenvalue weighted by Gasteiger charge is 2.28. The van der Waals surface area contributed by atoms with Gasteiger partial charge in [-0.1, -0.05) is 48.5 Å². The molecule has 1 aromatic carbocycles. The van der Waals surface area contributed by atoms with Gasteiger partial charge in [0.1, 0.15) is 5.25 Å². The van der Waals surface area contributed by atoms with Gasteiger partial charge in [0.05, 0.1) is 15.8 Å². The predicted molar refractivity (Wildman–Crippen MR) is 98.1 cm³/mol. The van der Waals surface area contributed by atoms with Crippen LogP contribution in [0.1, 0.15) is 44.6 Å². The first kappa shape index (κ1) is 19.5. The zero-order valence-corrected chi connectivity index (χ0v) is 16.1. The van der Waals surface area contributed by atoms with Crippen molar-refractivity contribution in [3.63, 3.8) is 0 Å². The van der Waals surface area contributed by atoms with Crippen molar-refractivity contribution in [1.29, 1.82) is 0 Å². The second-order valence-electron chi connectivity index (χ2n) is 6.45. The van der Waals surface area contributed by atoms with Crippen LogP contribution >= 0.6 is 23.2 Å². The van der Waals surface area contributed by atoms with Crippen molar-refractivity contribution in [1.82, 2.24) is 5.32 Å². The largest absolute Gasteiger partial charge is 0.355 e. The molecule has 1 N–H and O–H groups in total. The molecule has 0 aliphatic heterocycles. The number of hydrogen-bond donors (Lipinski definition) is 1. The lowest BCUT2D eigenvalue weighted by molar-refractivity contribution is -0.120. The fraction of sp³-hybridized carbons (Fsp3) is 0.588. The Balaban J connectivity index is 1.94. The molecule has 1 fully saturated rings. The fourth-order valence-electron chi connectivity index (χ4n) is 2.93. The average molecular weight is 392 g/mol. The van der Waals surface area contributed by atoms with Crippen LogP contribution in [-0.4, -0.2) is 26.1 Å². The van der Waals surface area contributed by atoms with Crippen LogP contribution in [0, 0.1) is 5.92 Å². The molecule has 0 bridgehead atoms. The fourth-order valence-corrected chi connectivity index (χ4v) is 4.55. The monoisotopic (exact) mass is 391 g/mol. The van der Waals surface area contributed by atoms with Gasteiger partial charge >= 0.3 is 0 Å². The Labute approximate surface area is 153 Å². The van der Waals surface area contributed by atoms with E-state index in [1.165, 1.54) is 32.3 Å². The molecule has 0 aromatic heterocycles. The molecule has 1 amide bonds. The number of halogens is 2. The number of carbonyl (C=O) groups excluding carboxylic acids is 1. The third kappa shape index (κ3) is 5.36. The number of rotatable bonds is 6. The second-order valence-corrected chi connectivity index (χ2v) is 9.58. The molecule has 0 saturated heterocycles. The van der Waals surface area contributed by atoms with E-state index in [4.69, 9.17) is 23.2 Å². The molecule has 0 heterocycles. The van der Waals surface area contributed by atoms with Crippen molar-refractivity contribution in [2.24, 2.45) is 5.92 Å². The third-order valence-corrected chi connectivity index (χ3v) is 7.32. The van der Waals surface area contributed by atoms with Gasteiger partial charge in [-0.2, -0.15) is 0 Å². The Bertz CT molecular complexity index is 685. The van der Waals surface area contributed by atoms with Crippen molar-refractivity contribution in [3.05, 3.63) is 33.8 Å². The molecule has 1 atom stereocenters. The van der Waals surface area contributed by atoms with Crippen molar-refractivity contribution >= 4 is 38.9 Å². The summed E-state index contributed by atoms with van der Waals surface area (Å²) in [6.07, 6.45) is 5.83. The van der Waals surface area contributed by atoms with Crippen LogP contribution in [0.4, 0.5) is 0 Å². The van der Waals surface area contributed by atoms with E-state index in [-0.39, 0.29) is 5.75 Å². The molecule has 1 aliphatic rings.